The molecule has 0 aliphatic heterocycles. The van der Waals surface area contributed by atoms with Gasteiger partial charge in [-0.3, -0.25) is 4.79 Å². The predicted molar refractivity (Wildman–Crippen MR) is 127 cm³/mol. The van der Waals surface area contributed by atoms with Crippen molar-refractivity contribution in [1.29, 1.82) is 0 Å². The molecule has 0 unspecified atom stereocenters. The second kappa shape index (κ2) is 15.4. The van der Waals surface area contributed by atoms with Crippen LogP contribution < -0.4 is 15.8 Å². The molecule has 1 amide bonds. The molecule has 184 valence electrons. The van der Waals surface area contributed by atoms with E-state index in [-0.39, 0.29) is 12.1 Å². The van der Waals surface area contributed by atoms with Crippen molar-refractivity contribution in [1.82, 2.24) is 5.32 Å². The topological polar surface area (TPSA) is 99.5 Å². The molecule has 9 heteroatoms. The minimum Gasteiger partial charge on any atom is -0.422 e. The molecule has 0 saturated carbocycles. The molecule has 33 heavy (non-hydrogen) atoms. The van der Waals surface area contributed by atoms with Crippen molar-refractivity contribution in [3.63, 3.8) is 0 Å². The largest absolute Gasteiger partial charge is 0.422 e. The van der Waals surface area contributed by atoms with E-state index in [1.807, 2.05) is 25.1 Å². The van der Waals surface area contributed by atoms with Crippen LogP contribution in [0.4, 0.5) is 5.69 Å². The Labute approximate surface area is 194 Å². The van der Waals surface area contributed by atoms with Gasteiger partial charge >= 0.3 is 5.63 Å². The van der Waals surface area contributed by atoms with Crippen LogP contribution in [0.1, 0.15) is 31.1 Å². The fourth-order valence-corrected chi connectivity index (χ4v) is 3.18. The number of fused-ring (bicyclic) bond motifs is 1. The van der Waals surface area contributed by atoms with Crippen molar-refractivity contribution in [2.24, 2.45) is 0 Å². The Morgan fingerprint density at radius 3 is 2.09 bits per heavy atom. The number of rotatable bonds is 17. The standard InChI is InChI=1S/C24H36N2O7/c1-4-26(5-2)20-8-7-19-17-21(24(28)33-22(19)18-20)23(27)25-9-10-30-13-14-32-16-15-31-12-11-29-6-3/h7-8,17-18H,4-6,9-16H2,1-3H3,(H,25,27). The summed E-state index contributed by atoms with van der Waals surface area (Å²) in [5, 5.41) is 3.38. The minimum absolute atomic E-state index is 0.0224. The lowest BCUT2D eigenvalue weighted by molar-refractivity contribution is -0.0000549. The Bertz CT molecular complexity index is 896. The average Bonchev–Trinajstić information content (AvgIpc) is 2.82. The quantitative estimate of drug-likeness (QED) is 0.282. The van der Waals surface area contributed by atoms with Gasteiger partial charge in [-0.2, -0.15) is 0 Å². The number of nitrogens with zero attached hydrogens (tertiary/aromatic N) is 1. The van der Waals surface area contributed by atoms with Crippen LogP contribution in [0.3, 0.4) is 0 Å². The molecule has 0 aliphatic carbocycles. The molecule has 1 heterocycles. The zero-order chi connectivity index (χ0) is 23.9. The average molecular weight is 465 g/mol. The Morgan fingerprint density at radius 1 is 0.879 bits per heavy atom. The van der Waals surface area contributed by atoms with Crippen LogP contribution in [0, 0.1) is 0 Å². The summed E-state index contributed by atoms with van der Waals surface area (Å²) >= 11 is 0. The van der Waals surface area contributed by atoms with Crippen LogP contribution in [0.15, 0.2) is 33.5 Å². The van der Waals surface area contributed by atoms with Gasteiger partial charge in [0.25, 0.3) is 5.91 Å². The molecule has 1 N–H and O–H groups in total. The third-order valence-corrected chi connectivity index (χ3v) is 4.94. The van der Waals surface area contributed by atoms with Crippen molar-refractivity contribution >= 4 is 22.6 Å². The first kappa shape index (κ1) is 26.8. The van der Waals surface area contributed by atoms with E-state index in [0.29, 0.717) is 63.8 Å². The molecule has 0 aliphatic rings. The Morgan fingerprint density at radius 2 is 1.48 bits per heavy atom. The number of anilines is 1. The molecule has 0 fully saturated rings. The van der Waals surface area contributed by atoms with Gasteiger partial charge in [-0.15, -0.1) is 0 Å². The van der Waals surface area contributed by atoms with E-state index in [1.54, 1.807) is 6.07 Å². The number of carbonyl (C=O) groups is 1. The third-order valence-electron chi connectivity index (χ3n) is 4.94. The smallest absolute Gasteiger partial charge is 0.349 e. The Kier molecular flexibility index (Phi) is 12.5. The molecule has 0 atom stereocenters. The number of benzene rings is 1. The normalized spacial score (nSPS) is 11.1. The van der Waals surface area contributed by atoms with Crippen LogP contribution in [0.2, 0.25) is 0 Å². The molecule has 0 bridgehead atoms. The Balaban J connectivity index is 1.68. The molecule has 9 nitrogen and oxygen atoms in total. The summed E-state index contributed by atoms with van der Waals surface area (Å²) in [5.41, 5.74) is 0.757. The van der Waals surface area contributed by atoms with Crippen LogP contribution in [0.25, 0.3) is 11.0 Å². The summed E-state index contributed by atoms with van der Waals surface area (Å²) in [4.78, 5) is 26.9. The van der Waals surface area contributed by atoms with Gasteiger partial charge < -0.3 is 33.6 Å². The van der Waals surface area contributed by atoms with Crippen molar-refractivity contribution in [3.8, 4) is 0 Å². The number of carbonyl (C=O) groups excluding carboxylic acids is 1. The monoisotopic (exact) mass is 464 g/mol. The molecular weight excluding hydrogens is 428 g/mol. The molecule has 1 aromatic carbocycles. The van der Waals surface area contributed by atoms with Crippen LogP contribution in [0.5, 0.6) is 0 Å². The predicted octanol–water partition coefficient (Wildman–Crippen LogP) is 2.46. The van der Waals surface area contributed by atoms with Crippen molar-refractivity contribution in [3.05, 3.63) is 40.2 Å². The highest BCUT2D eigenvalue weighted by Crippen LogP contribution is 2.21. The highest BCUT2D eigenvalue weighted by molar-refractivity contribution is 5.96. The highest BCUT2D eigenvalue weighted by Gasteiger charge is 2.14. The lowest BCUT2D eigenvalue weighted by Crippen LogP contribution is -2.31. The van der Waals surface area contributed by atoms with Crippen LogP contribution in [-0.4, -0.2) is 78.4 Å². The van der Waals surface area contributed by atoms with Crippen LogP contribution >= 0.6 is 0 Å². The summed E-state index contributed by atoms with van der Waals surface area (Å²) in [6, 6.07) is 7.21. The van der Waals surface area contributed by atoms with Gasteiger partial charge in [-0.1, -0.05) is 0 Å². The fourth-order valence-electron chi connectivity index (χ4n) is 3.18. The highest BCUT2D eigenvalue weighted by atomic mass is 16.6. The minimum atomic E-state index is -0.658. The molecule has 0 spiro atoms. The second-order valence-corrected chi connectivity index (χ2v) is 7.13. The lowest BCUT2D eigenvalue weighted by atomic mass is 10.1. The summed E-state index contributed by atoms with van der Waals surface area (Å²) < 4.78 is 26.7. The molecule has 0 radical (unpaired) electrons. The van der Waals surface area contributed by atoms with Crippen molar-refractivity contribution in [2.75, 3.05) is 77.4 Å². The number of hydrogen-bond donors (Lipinski definition) is 1. The summed E-state index contributed by atoms with van der Waals surface area (Å²) in [7, 11) is 0. The number of nitrogens with one attached hydrogen (secondary N) is 1. The lowest BCUT2D eigenvalue weighted by Gasteiger charge is -2.21. The summed E-state index contributed by atoms with van der Waals surface area (Å²) in [6.07, 6.45) is 0. The first-order chi connectivity index (χ1) is 16.1. The Hall–Kier alpha value is -2.46. The first-order valence-corrected chi connectivity index (χ1v) is 11.5. The molecule has 2 aromatic rings. The fraction of sp³-hybridized carbons (Fsp3) is 0.583. The molecule has 0 saturated heterocycles. The van der Waals surface area contributed by atoms with E-state index in [2.05, 4.69) is 24.1 Å². The van der Waals surface area contributed by atoms with Gasteiger partial charge in [0, 0.05) is 43.4 Å². The van der Waals surface area contributed by atoms with E-state index in [1.165, 1.54) is 0 Å². The number of amides is 1. The van der Waals surface area contributed by atoms with Crippen molar-refractivity contribution in [2.45, 2.75) is 20.8 Å². The second-order valence-electron chi connectivity index (χ2n) is 7.13. The zero-order valence-electron chi connectivity index (χ0n) is 19.9. The van der Waals surface area contributed by atoms with Crippen molar-refractivity contribution < 1.29 is 28.2 Å². The van der Waals surface area contributed by atoms with Gasteiger partial charge in [0.15, 0.2) is 0 Å². The van der Waals surface area contributed by atoms with E-state index in [4.69, 9.17) is 23.4 Å². The number of hydrogen-bond acceptors (Lipinski definition) is 8. The summed E-state index contributed by atoms with van der Waals surface area (Å²) in [6.45, 7) is 12.0. The number of ether oxygens (including phenoxy) is 4. The molecule has 1 aromatic heterocycles. The van der Waals surface area contributed by atoms with E-state index in [9.17, 15) is 9.59 Å². The van der Waals surface area contributed by atoms with E-state index in [0.717, 1.165) is 18.8 Å². The van der Waals surface area contributed by atoms with Gasteiger partial charge in [0.2, 0.25) is 0 Å². The first-order valence-electron chi connectivity index (χ1n) is 11.5. The SMILES string of the molecule is CCOCCOCCOCCOCCNC(=O)c1cc2ccc(N(CC)CC)cc2oc1=O. The molecular formula is C24H36N2O7. The molecule has 2 rings (SSSR count). The van der Waals surface area contributed by atoms with Crippen LogP contribution in [-0.2, 0) is 18.9 Å². The maximum absolute atomic E-state index is 12.4. The maximum Gasteiger partial charge on any atom is 0.349 e. The van der Waals surface area contributed by atoms with E-state index < -0.39 is 11.5 Å². The summed E-state index contributed by atoms with van der Waals surface area (Å²) in [5.74, 6) is -0.484. The van der Waals surface area contributed by atoms with Gasteiger partial charge in [0.05, 0.1) is 46.2 Å². The van der Waals surface area contributed by atoms with E-state index >= 15 is 0 Å². The third kappa shape index (κ3) is 9.13. The maximum atomic E-state index is 12.4. The van der Waals surface area contributed by atoms with Gasteiger partial charge in [0.1, 0.15) is 11.1 Å². The zero-order valence-corrected chi connectivity index (χ0v) is 19.9. The van der Waals surface area contributed by atoms with Gasteiger partial charge in [-0.05, 0) is 39.0 Å². The van der Waals surface area contributed by atoms with Gasteiger partial charge in [-0.25, -0.2) is 4.79 Å².